The second-order valence-electron chi connectivity index (χ2n) is 3.92. The molecule has 1 aromatic heterocycles. The number of nitrogens with zero attached hydrogens (tertiary/aromatic N) is 1. The molecule has 0 unspecified atom stereocenters. The van der Waals surface area contributed by atoms with E-state index < -0.39 is 5.60 Å². The van der Waals surface area contributed by atoms with E-state index in [2.05, 4.69) is 10.3 Å². The number of rotatable bonds is 4. The summed E-state index contributed by atoms with van der Waals surface area (Å²) in [6.45, 7) is 3.45. The fraction of sp³-hybridized carbons (Fsp3) is 0.455. The number of carbonyl (C=O) groups excluding carboxylic acids is 1. The van der Waals surface area contributed by atoms with Crippen molar-refractivity contribution in [2.75, 3.05) is 6.54 Å². The topological polar surface area (TPSA) is 62.2 Å². The van der Waals surface area contributed by atoms with Crippen molar-refractivity contribution >= 4 is 5.91 Å². The largest absolute Gasteiger partial charge is 0.381 e. The van der Waals surface area contributed by atoms with Gasteiger partial charge in [0.2, 0.25) is 0 Å². The van der Waals surface area contributed by atoms with Gasteiger partial charge in [-0.1, -0.05) is 0 Å². The van der Waals surface area contributed by atoms with E-state index in [1.165, 1.54) is 13.8 Å². The third-order valence-corrected chi connectivity index (χ3v) is 2.00. The summed E-state index contributed by atoms with van der Waals surface area (Å²) in [5.41, 5.74) is -0.195. The first-order chi connectivity index (χ1) is 7.00. The first-order valence-electron chi connectivity index (χ1n) is 4.90. The number of nitrogens with one attached hydrogen (secondary N) is 1. The van der Waals surface area contributed by atoms with E-state index in [1.54, 1.807) is 12.4 Å². The van der Waals surface area contributed by atoms with E-state index in [9.17, 15) is 9.90 Å². The third-order valence-electron chi connectivity index (χ3n) is 2.00. The molecule has 1 aromatic rings. The second kappa shape index (κ2) is 4.89. The summed E-state index contributed by atoms with van der Waals surface area (Å²) < 4.78 is 0. The minimum absolute atomic E-state index is 0.350. The van der Waals surface area contributed by atoms with E-state index in [1.807, 2.05) is 12.1 Å². The smallest absolute Gasteiger partial charge is 0.251 e. The molecule has 1 amide bonds. The summed E-state index contributed by atoms with van der Waals surface area (Å²) in [4.78, 5) is 15.2. The van der Waals surface area contributed by atoms with Crippen LogP contribution in [-0.4, -0.2) is 28.1 Å². The maximum absolute atomic E-state index is 11.3. The lowest BCUT2D eigenvalue weighted by atomic mass is 10.1. The van der Waals surface area contributed by atoms with Crippen LogP contribution in [0.25, 0.3) is 0 Å². The molecule has 1 rings (SSSR count). The van der Waals surface area contributed by atoms with Crippen molar-refractivity contribution in [3.8, 4) is 0 Å². The van der Waals surface area contributed by atoms with Crippen LogP contribution in [0.3, 0.4) is 0 Å². The van der Waals surface area contributed by atoms with Crippen LogP contribution in [0, 0.1) is 0 Å². The summed E-state index contributed by atoms with van der Waals surface area (Å²) in [6, 6.07) is 3.80. The maximum atomic E-state index is 11.3. The molecule has 0 atom stereocenters. The summed E-state index contributed by atoms with van der Waals surface area (Å²) in [7, 11) is 0. The molecule has 0 bridgehead atoms. The van der Waals surface area contributed by atoms with Crippen LogP contribution in [0.2, 0.25) is 0 Å². The number of pyridine rings is 1. The molecule has 0 spiro atoms. The van der Waals surface area contributed by atoms with E-state index in [0.717, 1.165) is 12.0 Å². The van der Waals surface area contributed by atoms with Crippen LogP contribution in [0.5, 0.6) is 0 Å². The van der Waals surface area contributed by atoms with Crippen LogP contribution in [0.15, 0.2) is 24.5 Å². The van der Waals surface area contributed by atoms with Crippen molar-refractivity contribution in [3.05, 3.63) is 30.1 Å². The van der Waals surface area contributed by atoms with Crippen molar-refractivity contribution in [3.63, 3.8) is 0 Å². The fourth-order valence-corrected chi connectivity index (χ4v) is 1.09. The molecule has 0 aliphatic rings. The SMILES string of the molecule is CC(C)(O)C(=O)NCCc1ccncc1. The quantitative estimate of drug-likeness (QED) is 0.758. The van der Waals surface area contributed by atoms with Crippen molar-refractivity contribution in [2.45, 2.75) is 25.9 Å². The minimum atomic E-state index is -1.31. The molecule has 82 valence electrons. The van der Waals surface area contributed by atoms with Gasteiger partial charge < -0.3 is 10.4 Å². The number of aliphatic hydroxyl groups is 1. The van der Waals surface area contributed by atoms with E-state index in [0.29, 0.717) is 6.54 Å². The molecule has 0 saturated carbocycles. The Morgan fingerprint density at radius 1 is 1.47 bits per heavy atom. The highest BCUT2D eigenvalue weighted by atomic mass is 16.3. The van der Waals surface area contributed by atoms with Crippen molar-refractivity contribution in [1.29, 1.82) is 0 Å². The van der Waals surface area contributed by atoms with Crippen molar-refractivity contribution in [1.82, 2.24) is 10.3 Å². The molecule has 2 N–H and O–H groups in total. The normalized spacial score (nSPS) is 11.1. The van der Waals surface area contributed by atoms with E-state index in [-0.39, 0.29) is 5.91 Å². The third kappa shape index (κ3) is 4.08. The summed E-state index contributed by atoms with van der Waals surface area (Å²) in [5, 5.41) is 12.0. The number of amides is 1. The van der Waals surface area contributed by atoms with E-state index >= 15 is 0 Å². The van der Waals surface area contributed by atoms with Gasteiger partial charge in [-0.05, 0) is 38.0 Å². The summed E-state index contributed by atoms with van der Waals surface area (Å²) in [5.74, 6) is -0.350. The molecule has 15 heavy (non-hydrogen) atoms. The van der Waals surface area contributed by atoms with Crippen LogP contribution in [0.4, 0.5) is 0 Å². The van der Waals surface area contributed by atoms with Crippen LogP contribution < -0.4 is 5.32 Å². The predicted octanol–water partition coefficient (Wildman–Crippen LogP) is 0.511. The molecule has 0 radical (unpaired) electrons. The van der Waals surface area contributed by atoms with Crippen LogP contribution >= 0.6 is 0 Å². The zero-order valence-electron chi connectivity index (χ0n) is 9.03. The number of aromatic nitrogens is 1. The average Bonchev–Trinajstić information content (AvgIpc) is 2.18. The highest BCUT2D eigenvalue weighted by Gasteiger charge is 2.22. The molecule has 0 aliphatic carbocycles. The Kier molecular flexibility index (Phi) is 3.80. The monoisotopic (exact) mass is 208 g/mol. The number of hydrogen-bond donors (Lipinski definition) is 2. The van der Waals surface area contributed by atoms with Gasteiger partial charge in [-0.25, -0.2) is 0 Å². The Balaban J connectivity index is 2.32. The van der Waals surface area contributed by atoms with E-state index in [4.69, 9.17) is 0 Å². The van der Waals surface area contributed by atoms with Gasteiger partial charge in [0.25, 0.3) is 5.91 Å². The second-order valence-corrected chi connectivity index (χ2v) is 3.92. The Hall–Kier alpha value is -1.42. The van der Waals surface area contributed by atoms with Crippen molar-refractivity contribution < 1.29 is 9.90 Å². The zero-order valence-corrected chi connectivity index (χ0v) is 9.03. The molecule has 1 heterocycles. The van der Waals surface area contributed by atoms with Gasteiger partial charge in [-0.2, -0.15) is 0 Å². The molecule has 4 nitrogen and oxygen atoms in total. The Labute approximate surface area is 89.3 Å². The Bertz CT molecular complexity index is 317. The lowest BCUT2D eigenvalue weighted by Crippen LogP contribution is -2.42. The maximum Gasteiger partial charge on any atom is 0.251 e. The van der Waals surface area contributed by atoms with Gasteiger partial charge in [-0.3, -0.25) is 9.78 Å². The van der Waals surface area contributed by atoms with Crippen LogP contribution in [-0.2, 0) is 11.2 Å². The lowest BCUT2D eigenvalue weighted by molar-refractivity contribution is -0.136. The molecule has 0 saturated heterocycles. The highest BCUT2D eigenvalue weighted by molar-refractivity contribution is 5.83. The Morgan fingerprint density at radius 3 is 2.60 bits per heavy atom. The molecule has 0 aromatic carbocycles. The highest BCUT2D eigenvalue weighted by Crippen LogP contribution is 2.00. The lowest BCUT2D eigenvalue weighted by Gasteiger charge is -2.16. The minimum Gasteiger partial charge on any atom is -0.381 e. The molecule has 0 aliphatic heterocycles. The number of hydrogen-bond acceptors (Lipinski definition) is 3. The van der Waals surface area contributed by atoms with Gasteiger partial charge in [0.15, 0.2) is 0 Å². The van der Waals surface area contributed by atoms with Gasteiger partial charge in [0.05, 0.1) is 0 Å². The molecular formula is C11H16N2O2. The zero-order chi connectivity index (χ0) is 11.3. The molecule has 0 fully saturated rings. The summed E-state index contributed by atoms with van der Waals surface area (Å²) in [6.07, 6.45) is 4.17. The van der Waals surface area contributed by atoms with Gasteiger partial charge in [0.1, 0.15) is 5.60 Å². The number of carbonyl (C=O) groups is 1. The first kappa shape index (κ1) is 11.7. The standard InChI is InChI=1S/C11H16N2O2/c1-11(2,15)10(14)13-8-5-9-3-6-12-7-4-9/h3-4,6-7,15H,5,8H2,1-2H3,(H,13,14). The van der Waals surface area contributed by atoms with Gasteiger partial charge in [0, 0.05) is 18.9 Å². The Morgan fingerprint density at radius 2 is 2.07 bits per heavy atom. The molecule has 4 heteroatoms. The van der Waals surface area contributed by atoms with Crippen LogP contribution in [0.1, 0.15) is 19.4 Å². The molecular weight excluding hydrogens is 192 g/mol. The first-order valence-corrected chi connectivity index (χ1v) is 4.90. The van der Waals surface area contributed by atoms with Gasteiger partial charge >= 0.3 is 0 Å². The fourth-order valence-electron chi connectivity index (χ4n) is 1.09. The average molecular weight is 208 g/mol. The predicted molar refractivity (Wildman–Crippen MR) is 57.2 cm³/mol. The van der Waals surface area contributed by atoms with Crippen molar-refractivity contribution in [2.24, 2.45) is 0 Å². The van der Waals surface area contributed by atoms with Gasteiger partial charge in [-0.15, -0.1) is 0 Å². The summed E-state index contributed by atoms with van der Waals surface area (Å²) >= 11 is 0.